The number of hydrogen-bond donors (Lipinski definition) is 4. The molecule has 1 saturated heterocycles. The molecule has 0 aliphatic carbocycles. The van der Waals surface area contributed by atoms with Crippen LogP contribution < -0.4 is 5.32 Å². The van der Waals surface area contributed by atoms with E-state index in [1.807, 2.05) is 31.2 Å². The van der Waals surface area contributed by atoms with Gasteiger partial charge >= 0.3 is 6.03 Å². The molecule has 1 aromatic heterocycles. The quantitative estimate of drug-likeness (QED) is 0.649. The summed E-state index contributed by atoms with van der Waals surface area (Å²) in [7, 11) is 0. The Balaban J connectivity index is 1.88. The number of urea groups is 1. The highest BCUT2D eigenvalue weighted by Gasteiger charge is 2.35. The molecule has 1 aliphatic rings. The van der Waals surface area contributed by atoms with Gasteiger partial charge in [0.05, 0.1) is 24.3 Å². The summed E-state index contributed by atoms with van der Waals surface area (Å²) in [6.07, 6.45) is -1.14. The maximum Gasteiger partial charge on any atom is 0.322 e. The molecular formula is C17H21N3O4. The van der Waals surface area contributed by atoms with Gasteiger partial charge in [0.15, 0.2) is 0 Å². The summed E-state index contributed by atoms with van der Waals surface area (Å²) in [5.41, 5.74) is 2.43. The highest BCUT2D eigenvalue weighted by atomic mass is 16.4. The number of aliphatic hydroxyl groups is 3. The Morgan fingerprint density at radius 2 is 1.96 bits per heavy atom. The first-order valence-corrected chi connectivity index (χ1v) is 7.98. The molecule has 7 heteroatoms. The van der Waals surface area contributed by atoms with E-state index >= 15 is 0 Å². The van der Waals surface area contributed by atoms with Gasteiger partial charge < -0.3 is 25.5 Å². The molecule has 0 spiro atoms. The van der Waals surface area contributed by atoms with Crippen LogP contribution in [-0.4, -0.2) is 62.6 Å². The largest absolute Gasteiger partial charge is 0.388 e. The molecule has 2 aromatic rings. The topological polar surface area (TPSA) is 106 Å². The molecule has 4 N–H and O–H groups in total. The second-order valence-electron chi connectivity index (χ2n) is 5.98. The summed E-state index contributed by atoms with van der Waals surface area (Å²) in [6.45, 7) is 1.93. The average molecular weight is 331 g/mol. The van der Waals surface area contributed by atoms with E-state index in [-0.39, 0.29) is 13.1 Å². The molecule has 0 bridgehead atoms. The lowest BCUT2D eigenvalue weighted by atomic mass is 10.0. The number of pyridine rings is 1. The minimum absolute atomic E-state index is 0.0332. The standard InChI is InChI=1S/C17H21N3O4/c1-2-10-5-6-12-11(4-3-7-18-12)15(10)19-17(24)20-8-13(21)16(23)14(22)9-20/h3-7,13-14,16,21-23H,2,8-9H2,1H3,(H,19,24)/t13-,14+,16?. The number of benzene rings is 1. The summed E-state index contributed by atoms with van der Waals surface area (Å²) in [5.74, 6) is 0. The first kappa shape index (κ1) is 16.6. The van der Waals surface area contributed by atoms with Crippen LogP contribution in [0, 0.1) is 0 Å². The summed E-state index contributed by atoms with van der Waals surface area (Å²) in [5, 5.41) is 32.8. The van der Waals surface area contributed by atoms with Crippen molar-refractivity contribution in [2.75, 3.05) is 18.4 Å². The Morgan fingerprint density at radius 3 is 2.62 bits per heavy atom. The molecular weight excluding hydrogens is 310 g/mol. The third-order valence-corrected chi connectivity index (χ3v) is 4.37. The summed E-state index contributed by atoms with van der Waals surface area (Å²) in [6, 6.07) is 7.11. The van der Waals surface area contributed by atoms with Crippen LogP contribution in [0.5, 0.6) is 0 Å². The number of amides is 2. The number of β-amino-alcohol motifs (C(OH)–C–C–N with tert-alkyl or cyclic N) is 2. The van der Waals surface area contributed by atoms with Crippen LogP contribution in [0.15, 0.2) is 30.5 Å². The lowest BCUT2D eigenvalue weighted by Gasteiger charge is -2.36. The van der Waals surface area contributed by atoms with Crippen molar-refractivity contribution in [1.29, 1.82) is 0 Å². The molecule has 24 heavy (non-hydrogen) atoms. The van der Waals surface area contributed by atoms with Crippen LogP contribution >= 0.6 is 0 Å². The van der Waals surface area contributed by atoms with Gasteiger partial charge in [-0.15, -0.1) is 0 Å². The van der Waals surface area contributed by atoms with Crippen LogP contribution in [0.4, 0.5) is 10.5 Å². The van der Waals surface area contributed by atoms with Crippen molar-refractivity contribution in [3.05, 3.63) is 36.0 Å². The highest BCUT2D eigenvalue weighted by Crippen LogP contribution is 2.27. The highest BCUT2D eigenvalue weighted by molar-refractivity contribution is 6.01. The van der Waals surface area contributed by atoms with E-state index in [9.17, 15) is 20.1 Å². The molecule has 0 saturated carbocycles. The smallest absolute Gasteiger partial charge is 0.322 e. The van der Waals surface area contributed by atoms with Gasteiger partial charge in [0, 0.05) is 11.6 Å². The lowest BCUT2D eigenvalue weighted by molar-refractivity contribution is -0.0989. The Kier molecular flexibility index (Phi) is 4.66. The van der Waals surface area contributed by atoms with Crippen LogP contribution in [0.3, 0.4) is 0 Å². The number of nitrogens with zero attached hydrogens (tertiary/aromatic N) is 2. The molecule has 0 radical (unpaired) electrons. The molecule has 1 aliphatic heterocycles. The maximum atomic E-state index is 12.6. The van der Waals surface area contributed by atoms with Crippen LogP contribution in [0.1, 0.15) is 12.5 Å². The van der Waals surface area contributed by atoms with Crippen LogP contribution in [0.2, 0.25) is 0 Å². The molecule has 2 heterocycles. The number of carbonyl (C=O) groups is 1. The first-order chi connectivity index (χ1) is 11.5. The minimum Gasteiger partial charge on any atom is -0.388 e. The Labute approximate surface area is 139 Å². The zero-order valence-corrected chi connectivity index (χ0v) is 13.4. The van der Waals surface area contributed by atoms with Crippen molar-refractivity contribution >= 4 is 22.6 Å². The maximum absolute atomic E-state index is 12.6. The third-order valence-electron chi connectivity index (χ3n) is 4.37. The number of anilines is 1. The van der Waals surface area contributed by atoms with Crippen molar-refractivity contribution in [3.8, 4) is 0 Å². The van der Waals surface area contributed by atoms with Crippen molar-refractivity contribution < 1.29 is 20.1 Å². The molecule has 3 rings (SSSR count). The summed E-state index contributed by atoms with van der Waals surface area (Å²) < 4.78 is 0. The second-order valence-corrected chi connectivity index (χ2v) is 5.98. The van der Waals surface area contributed by atoms with Gasteiger partial charge in [0.25, 0.3) is 0 Å². The SMILES string of the molecule is CCc1ccc2ncccc2c1NC(=O)N1C[C@@H](O)C(O)[C@@H](O)C1. The number of likely N-dealkylation sites (tertiary alicyclic amines) is 1. The normalized spacial score (nSPS) is 24.2. The van der Waals surface area contributed by atoms with Crippen LogP contribution in [-0.2, 0) is 6.42 Å². The number of aliphatic hydroxyl groups excluding tert-OH is 3. The van der Waals surface area contributed by atoms with E-state index in [2.05, 4.69) is 10.3 Å². The third kappa shape index (κ3) is 3.06. The number of nitrogens with one attached hydrogen (secondary N) is 1. The van der Waals surface area contributed by atoms with E-state index in [1.165, 1.54) is 4.90 Å². The van der Waals surface area contributed by atoms with Crippen molar-refractivity contribution in [1.82, 2.24) is 9.88 Å². The molecule has 7 nitrogen and oxygen atoms in total. The van der Waals surface area contributed by atoms with E-state index < -0.39 is 24.3 Å². The molecule has 128 valence electrons. The van der Waals surface area contributed by atoms with Gasteiger partial charge in [-0.2, -0.15) is 0 Å². The average Bonchev–Trinajstić information content (AvgIpc) is 2.59. The summed E-state index contributed by atoms with van der Waals surface area (Å²) in [4.78, 5) is 18.2. The van der Waals surface area contributed by atoms with Gasteiger partial charge in [0.1, 0.15) is 18.3 Å². The fourth-order valence-electron chi connectivity index (χ4n) is 2.99. The van der Waals surface area contributed by atoms with E-state index in [0.29, 0.717) is 5.69 Å². The van der Waals surface area contributed by atoms with E-state index in [1.54, 1.807) is 6.20 Å². The fourth-order valence-corrected chi connectivity index (χ4v) is 2.99. The monoisotopic (exact) mass is 331 g/mol. The predicted octanol–water partition coefficient (Wildman–Crippen LogP) is 0.727. The Hall–Kier alpha value is -2.22. The number of piperidine rings is 1. The van der Waals surface area contributed by atoms with Gasteiger partial charge in [-0.1, -0.05) is 13.0 Å². The number of carbonyl (C=O) groups excluding carboxylic acids is 1. The van der Waals surface area contributed by atoms with Crippen LogP contribution in [0.25, 0.3) is 10.9 Å². The number of fused-ring (bicyclic) bond motifs is 1. The first-order valence-electron chi connectivity index (χ1n) is 7.98. The fraction of sp³-hybridized carbons (Fsp3) is 0.412. The molecule has 2 amide bonds. The van der Waals surface area contributed by atoms with Gasteiger partial charge in [0.2, 0.25) is 0 Å². The zero-order valence-electron chi connectivity index (χ0n) is 13.4. The molecule has 1 unspecified atom stereocenters. The molecule has 1 aromatic carbocycles. The lowest BCUT2D eigenvalue weighted by Crippen LogP contribution is -2.57. The van der Waals surface area contributed by atoms with Gasteiger partial charge in [-0.3, -0.25) is 4.98 Å². The van der Waals surface area contributed by atoms with E-state index in [0.717, 1.165) is 22.9 Å². The number of aromatic nitrogens is 1. The number of aryl methyl sites for hydroxylation is 1. The molecule has 3 atom stereocenters. The van der Waals surface area contributed by atoms with Crippen molar-refractivity contribution in [2.45, 2.75) is 31.7 Å². The molecule has 1 fully saturated rings. The van der Waals surface area contributed by atoms with Gasteiger partial charge in [-0.05, 0) is 30.2 Å². The zero-order chi connectivity index (χ0) is 17.3. The number of hydrogen-bond acceptors (Lipinski definition) is 5. The van der Waals surface area contributed by atoms with E-state index in [4.69, 9.17) is 0 Å². The predicted molar refractivity (Wildman–Crippen MR) is 89.7 cm³/mol. The number of rotatable bonds is 2. The minimum atomic E-state index is -1.23. The second kappa shape index (κ2) is 6.72. The Morgan fingerprint density at radius 1 is 1.25 bits per heavy atom. The van der Waals surface area contributed by atoms with Crippen molar-refractivity contribution in [3.63, 3.8) is 0 Å². The van der Waals surface area contributed by atoms with Gasteiger partial charge in [-0.25, -0.2) is 4.79 Å². The summed E-state index contributed by atoms with van der Waals surface area (Å²) >= 11 is 0. The Bertz CT molecular complexity index is 740. The van der Waals surface area contributed by atoms with Crippen molar-refractivity contribution in [2.24, 2.45) is 0 Å².